The minimum Gasteiger partial charge on any atom is -0.481 e. The lowest BCUT2D eigenvalue weighted by Crippen LogP contribution is -2.05. The molecule has 0 fully saturated rings. The fourth-order valence-electron chi connectivity index (χ4n) is 1.05. The van der Waals surface area contributed by atoms with Gasteiger partial charge in [0.2, 0.25) is 0 Å². The number of hydrogen-bond donors (Lipinski definition) is 2. The second kappa shape index (κ2) is 3.93. The highest BCUT2D eigenvalue weighted by molar-refractivity contribution is 9.10. The lowest BCUT2D eigenvalue weighted by Gasteiger charge is -2.04. The number of carboxylic acid groups (broad SMARTS) is 1. The van der Waals surface area contributed by atoms with Gasteiger partial charge in [0, 0.05) is 0 Å². The van der Waals surface area contributed by atoms with Gasteiger partial charge >= 0.3 is 5.97 Å². The first kappa shape index (κ1) is 10.3. The van der Waals surface area contributed by atoms with Crippen LogP contribution >= 0.6 is 15.9 Å². The van der Waals surface area contributed by atoms with Gasteiger partial charge in [0.05, 0.1) is 6.42 Å². The lowest BCUT2D eigenvalue weighted by molar-refractivity contribution is -0.139. The van der Waals surface area contributed by atoms with Crippen LogP contribution in [0, 0.1) is 6.92 Å². The van der Waals surface area contributed by atoms with Crippen LogP contribution in [0.4, 0.5) is 0 Å². The average Bonchev–Trinajstić information content (AvgIpc) is 2.28. The molecule has 13 heavy (non-hydrogen) atoms. The molecule has 1 aromatic rings. The summed E-state index contributed by atoms with van der Waals surface area (Å²) < 4.78 is 5.57. The Labute approximate surface area is 83.3 Å². The van der Waals surface area contributed by atoms with E-state index in [1.807, 2.05) is 0 Å². The summed E-state index contributed by atoms with van der Waals surface area (Å²) in [6.45, 7) is 1.74. The molecule has 5 heteroatoms. The predicted molar refractivity (Wildman–Crippen MR) is 48.4 cm³/mol. The number of aliphatic hydroxyl groups is 1. The van der Waals surface area contributed by atoms with Gasteiger partial charge in [-0.25, -0.2) is 0 Å². The largest absolute Gasteiger partial charge is 0.481 e. The van der Waals surface area contributed by atoms with Crippen LogP contribution < -0.4 is 0 Å². The zero-order valence-corrected chi connectivity index (χ0v) is 8.54. The third kappa shape index (κ3) is 2.57. The van der Waals surface area contributed by atoms with E-state index in [-0.39, 0.29) is 6.42 Å². The molecule has 1 rings (SSSR count). The van der Waals surface area contributed by atoms with Gasteiger partial charge in [-0.3, -0.25) is 4.79 Å². The Hall–Kier alpha value is -0.810. The van der Waals surface area contributed by atoms with Crippen LogP contribution in [0.5, 0.6) is 0 Å². The second-order valence-corrected chi connectivity index (χ2v) is 3.49. The first-order chi connectivity index (χ1) is 6.00. The van der Waals surface area contributed by atoms with Gasteiger partial charge in [0.25, 0.3) is 0 Å². The standard InChI is InChI=1S/C8H9BrO4/c1-4-2-6(9)13-8(4)5(10)3-7(11)12/h2,5,10H,3H2,1H3,(H,11,12)/t5-/m0/s1. The van der Waals surface area contributed by atoms with E-state index in [2.05, 4.69) is 15.9 Å². The molecule has 0 amide bonds. The van der Waals surface area contributed by atoms with Gasteiger partial charge in [-0.2, -0.15) is 0 Å². The molecule has 0 radical (unpaired) electrons. The summed E-state index contributed by atoms with van der Waals surface area (Å²) >= 11 is 3.09. The maximum absolute atomic E-state index is 10.3. The molecule has 4 nitrogen and oxygen atoms in total. The lowest BCUT2D eigenvalue weighted by atomic mass is 10.1. The molecule has 0 aliphatic heterocycles. The van der Waals surface area contributed by atoms with Crippen molar-refractivity contribution in [2.75, 3.05) is 0 Å². The summed E-state index contributed by atoms with van der Waals surface area (Å²) in [7, 11) is 0. The molecule has 1 aromatic heterocycles. The van der Waals surface area contributed by atoms with Crippen LogP contribution in [0.25, 0.3) is 0 Å². The van der Waals surface area contributed by atoms with E-state index >= 15 is 0 Å². The first-order valence-corrected chi connectivity index (χ1v) is 4.45. The highest BCUT2D eigenvalue weighted by Gasteiger charge is 2.18. The highest BCUT2D eigenvalue weighted by atomic mass is 79.9. The van der Waals surface area contributed by atoms with Crippen molar-refractivity contribution in [3.8, 4) is 0 Å². The SMILES string of the molecule is Cc1cc(Br)oc1[C@@H](O)CC(=O)O. The van der Waals surface area contributed by atoms with Gasteiger partial charge in [-0.1, -0.05) is 0 Å². The maximum atomic E-state index is 10.3. The number of aliphatic hydroxyl groups excluding tert-OH is 1. The maximum Gasteiger partial charge on any atom is 0.306 e. The molecule has 0 saturated carbocycles. The smallest absolute Gasteiger partial charge is 0.306 e. The number of hydrogen-bond acceptors (Lipinski definition) is 3. The minimum atomic E-state index is -1.08. The molecule has 0 saturated heterocycles. The molecule has 0 aromatic carbocycles. The molecule has 1 atom stereocenters. The molecule has 1 heterocycles. The van der Waals surface area contributed by atoms with Crippen molar-refractivity contribution in [1.82, 2.24) is 0 Å². The van der Waals surface area contributed by atoms with Crippen LogP contribution in [0.15, 0.2) is 15.2 Å². The van der Waals surface area contributed by atoms with E-state index in [1.165, 1.54) is 0 Å². The van der Waals surface area contributed by atoms with Crippen molar-refractivity contribution in [3.63, 3.8) is 0 Å². The summed E-state index contributed by atoms with van der Waals surface area (Å²) in [5.41, 5.74) is 0.737. The van der Waals surface area contributed by atoms with Crippen molar-refractivity contribution >= 4 is 21.9 Å². The van der Waals surface area contributed by atoms with Gasteiger partial charge < -0.3 is 14.6 Å². The normalized spacial score (nSPS) is 12.8. The van der Waals surface area contributed by atoms with E-state index in [9.17, 15) is 9.90 Å². The second-order valence-electron chi connectivity index (χ2n) is 2.71. The monoisotopic (exact) mass is 248 g/mol. The van der Waals surface area contributed by atoms with Crippen molar-refractivity contribution < 1.29 is 19.4 Å². The summed E-state index contributed by atoms with van der Waals surface area (Å²) in [4.78, 5) is 10.3. The van der Waals surface area contributed by atoms with E-state index in [0.29, 0.717) is 10.4 Å². The van der Waals surface area contributed by atoms with Crippen molar-refractivity contribution in [3.05, 3.63) is 22.1 Å². The Morgan fingerprint density at radius 2 is 2.38 bits per heavy atom. The summed E-state index contributed by atoms with van der Waals surface area (Å²) in [5.74, 6) is -0.756. The first-order valence-electron chi connectivity index (χ1n) is 3.66. The Kier molecular flexibility index (Phi) is 3.11. The number of aryl methyl sites for hydroxylation is 1. The van der Waals surface area contributed by atoms with Crippen molar-refractivity contribution in [1.29, 1.82) is 0 Å². The molecule has 0 bridgehead atoms. The number of furan rings is 1. The quantitative estimate of drug-likeness (QED) is 0.857. The zero-order chi connectivity index (χ0) is 10.0. The molecular weight excluding hydrogens is 240 g/mol. The Morgan fingerprint density at radius 3 is 2.77 bits per heavy atom. The summed E-state index contributed by atoms with van der Waals surface area (Å²) in [5, 5.41) is 17.8. The average molecular weight is 249 g/mol. The van der Waals surface area contributed by atoms with Gasteiger partial charge in [0.1, 0.15) is 11.9 Å². The molecule has 2 N–H and O–H groups in total. The van der Waals surface area contributed by atoms with E-state index in [0.717, 1.165) is 5.56 Å². The van der Waals surface area contributed by atoms with Gasteiger partial charge in [-0.05, 0) is 34.5 Å². The highest BCUT2D eigenvalue weighted by Crippen LogP contribution is 2.26. The van der Waals surface area contributed by atoms with Crippen LogP contribution in [-0.4, -0.2) is 16.2 Å². The Morgan fingerprint density at radius 1 is 1.77 bits per heavy atom. The fraction of sp³-hybridized carbons (Fsp3) is 0.375. The van der Waals surface area contributed by atoms with Crippen molar-refractivity contribution in [2.24, 2.45) is 0 Å². The summed E-state index contributed by atoms with van der Waals surface area (Å²) in [6.07, 6.45) is -1.43. The molecule has 72 valence electrons. The number of carbonyl (C=O) groups is 1. The number of halogens is 1. The van der Waals surface area contributed by atoms with Gasteiger partial charge in [-0.15, -0.1) is 0 Å². The third-order valence-electron chi connectivity index (χ3n) is 1.60. The van der Waals surface area contributed by atoms with Crippen LogP contribution in [0.3, 0.4) is 0 Å². The Bertz CT molecular complexity index is 318. The summed E-state index contributed by atoms with van der Waals surface area (Å²) in [6, 6.07) is 1.68. The topological polar surface area (TPSA) is 70.7 Å². The third-order valence-corrected chi connectivity index (χ3v) is 1.99. The molecule has 0 unspecified atom stereocenters. The van der Waals surface area contributed by atoms with Crippen LogP contribution in [0.1, 0.15) is 23.8 Å². The molecule has 0 aliphatic carbocycles. The van der Waals surface area contributed by atoms with Gasteiger partial charge in [0.15, 0.2) is 4.67 Å². The number of carboxylic acids is 1. The van der Waals surface area contributed by atoms with Crippen LogP contribution in [0.2, 0.25) is 0 Å². The van der Waals surface area contributed by atoms with Crippen LogP contribution in [-0.2, 0) is 4.79 Å². The molecular formula is C8H9BrO4. The number of rotatable bonds is 3. The fourth-order valence-corrected chi connectivity index (χ4v) is 1.56. The zero-order valence-electron chi connectivity index (χ0n) is 6.95. The predicted octanol–water partition coefficient (Wildman–Crippen LogP) is 1.86. The molecule has 0 spiro atoms. The van der Waals surface area contributed by atoms with Crippen molar-refractivity contribution in [2.45, 2.75) is 19.4 Å². The van der Waals surface area contributed by atoms with E-state index in [1.54, 1.807) is 13.0 Å². The van der Waals surface area contributed by atoms with E-state index < -0.39 is 12.1 Å². The van der Waals surface area contributed by atoms with E-state index in [4.69, 9.17) is 9.52 Å². The minimum absolute atomic E-state index is 0.300. The number of aliphatic carboxylic acids is 1. The molecule has 0 aliphatic rings. The Balaban J connectivity index is 2.81.